The smallest absolute Gasteiger partial charge is 0.453 e. The quantitative estimate of drug-likeness (QED) is 0.507. The number of halogens is 3. The van der Waals surface area contributed by atoms with Crippen LogP contribution in [0.25, 0.3) is 22.4 Å². The zero-order valence-electron chi connectivity index (χ0n) is 13.3. The number of aromatic nitrogens is 5. The molecule has 0 aliphatic carbocycles. The maximum Gasteiger partial charge on any atom is 0.453 e. The molecule has 1 aliphatic heterocycles. The molecule has 0 spiro atoms. The third-order valence-corrected chi connectivity index (χ3v) is 4.12. The van der Waals surface area contributed by atoms with Crippen molar-refractivity contribution in [2.45, 2.75) is 6.18 Å². The summed E-state index contributed by atoms with van der Waals surface area (Å²) in [5.74, 6) is -0.491. The maximum atomic E-state index is 12.8. The second-order valence-corrected chi connectivity index (χ2v) is 5.73. The summed E-state index contributed by atoms with van der Waals surface area (Å²) in [6.45, 7) is 0.0984. The third-order valence-electron chi connectivity index (χ3n) is 4.12. The van der Waals surface area contributed by atoms with Gasteiger partial charge in [0.05, 0.1) is 16.6 Å². The van der Waals surface area contributed by atoms with Crippen molar-refractivity contribution < 1.29 is 22.6 Å². The number of alkyl halides is 3. The molecule has 4 heterocycles. The number of hydrogen-bond acceptors (Lipinski definition) is 6. The molecule has 27 heavy (non-hydrogen) atoms. The van der Waals surface area contributed by atoms with Gasteiger partial charge in [-0.3, -0.25) is 9.36 Å². The van der Waals surface area contributed by atoms with Crippen LogP contribution in [0.5, 0.6) is 11.5 Å². The van der Waals surface area contributed by atoms with Crippen molar-refractivity contribution in [3.8, 4) is 17.2 Å². The summed E-state index contributed by atoms with van der Waals surface area (Å²) in [4.78, 5) is 20.0. The van der Waals surface area contributed by atoms with Crippen molar-refractivity contribution in [2.24, 2.45) is 0 Å². The number of rotatable bonds is 1. The normalized spacial score (nSPS) is 13.6. The van der Waals surface area contributed by atoms with Gasteiger partial charge in [0.1, 0.15) is 0 Å². The molecular weight excluding hydrogens is 367 g/mol. The first-order chi connectivity index (χ1) is 12.9. The highest BCUT2D eigenvalue weighted by Gasteiger charge is 2.36. The molecule has 0 saturated heterocycles. The average molecular weight is 375 g/mol. The molecule has 0 radical (unpaired) electrons. The molecule has 0 atom stereocenters. The summed E-state index contributed by atoms with van der Waals surface area (Å²) in [6, 6.07) is 6.45. The number of benzene rings is 1. The van der Waals surface area contributed by atoms with Crippen molar-refractivity contribution in [1.82, 2.24) is 24.1 Å². The lowest BCUT2D eigenvalue weighted by molar-refractivity contribution is -0.144. The van der Waals surface area contributed by atoms with Crippen molar-refractivity contribution in [1.29, 1.82) is 0 Å². The highest BCUT2D eigenvalue weighted by atomic mass is 19.4. The lowest BCUT2D eigenvalue weighted by atomic mass is 10.2. The van der Waals surface area contributed by atoms with Gasteiger partial charge in [-0.2, -0.15) is 22.7 Å². The minimum absolute atomic E-state index is 0.0984. The molecule has 4 aromatic rings. The van der Waals surface area contributed by atoms with Gasteiger partial charge in [0.2, 0.25) is 6.79 Å². The molecule has 1 aromatic carbocycles. The van der Waals surface area contributed by atoms with Crippen LogP contribution in [0.2, 0.25) is 0 Å². The van der Waals surface area contributed by atoms with Gasteiger partial charge >= 0.3 is 6.18 Å². The summed E-state index contributed by atoms with van der Waals surface area (Å²) in [5, 5.41) is 3.53. The second kappa shape index (κ2) is 5.19. The maximum absolute atomic E-state index is 12.8. The molecule has 11 heteroatoms. The van der Waals surface area contributed by atoms with E-state index in [0.717, 1.165) is 4.52 Å². The van der Waals surface area contributed by atoms with Crippen LogP contribution in [0, 0.1) is 0 Å². The molecule has 0 unspecified atom stereocenters. The van der Waals surface area contributed by atoms with E-state index in [-0.39, 0.29) is 23.5 Å². The Balaban J connectivity index is 1.72. The first-order valence-corrected chi connectivity index (χ1v) is 7.66. The Hall–Kier alpha value is -3.63. The highest BCUT2D eigenvalue weighted by molar-refractivity contribution is 5.79. The molecule has 3 aromatic heterocycles. The molecule has 136 valence electrons. The molecule has 0 N–H and O–H groups in total. The Morgan fingerprint density at radius 1 is 1.11 bits per heavy atom. The van der Waals surface area contributed by atoms with Crippen LogP contribution in [0.1, 0.15) is 5.82 Å². The minimum Gasteiger partial charge on any atom is -0.454 e. The van der Waals surface area contributed by atoms with Gasteiger partial charge in [0, 0.05) is 18.5 Å². The molecule has 0 amide bonds. The van der Waals surface area contributed by atoms with Crippen molar-refractivity contribution in [2.75, 3.05) is 6.79 Å². The number of hydrogen-bond donors (Lipinski definition) is 0. The molecule has 0 fully saturated rings. The van der Waals surface area contributed by atoms with Crippen molar-refractivity contribution in [3.05, 3.63) is 52.8 Å². The second-order valence-electron chi connectivity index (χ2n) is 5.73. The van der Waals surface area contributed by atoms with Crippen LogP contribution in [0.3, 0.4) is 0 Å². The van der Waals surface area contributed by atoms with Crippen LogP contribution in [0.15, 0.2) is 41.5 Å². The summed E-state index contributed by atoms with van der Waals surface area (Å²) < 4.78 is 51.3. The lowest BCUT2D eigenvalue weighted by Gasteiger charge is -2.08. The summed E-state index contributed by atoms with van der Waals surface area (Å²) in [6.07, 6.45) is -2.08. The lowest BCUT2D eigenvalue weighted by Crippen LogP contribution is -2.18. The van der Waals surface area contributed by atoms with E-state index in [1.165, 1.54) is 23.0 Å². The monoisotopic (exact) mass is 375 g/mol. The number of ether oxygens (including phenoxy) is 2. The predicted octanol–water partition coefficient (Wildman–Crippen LogP) is 2.18. The Morgan fingerprint density at radius 3 is 2.74 bits per heavy atom. The van der Waals surface area contributed by atoms with E-state index in [2.05, 4.69) is 15.1 Å². The van der Waals surface area contributed by atoms with Gasteiger partial charge in [-0.25, -0.2) is 4.98 Å². The Morgan fingerprint density at radius 2 is 1.93 bits per heavy atom. The third kappa shape index (κ3) is 2.31. The summed E-state index contributed by atoms with van der Waals surface area (Å²) in [5.41, 5.74) is 0.218. The zero-order valence-corrected chi connectivity index (χ0v) is 13.3. The molecule has 0 saturated carbocycles. The summed E-state index contributed by atoms with van der Waals surface area (Å²) in [7, 11) is 0. The fourth-order valence-electron chi connectivity index (χ4n) is 2.88. The average Bonchev–Trinajstić information content (AvgIpc) is 3.27. The largest absolute Gasteiger partial charge is 0.454 e. The van der Waals surface area contributed by atoms with Crippen LogP contribution in [0.4, 0.5) is 13.2 Å². The SMILES string of the molecule is O=c1c2cnc3nc(C(F)(F)F)nn3c2ccn1-c1ccc2c(c1)OCO2. The van der Waals surface area contributed by atoms with Crippen molar-refractivity contribution in [3.63, 3.8) is 0 Å². The van der Waals surface area contributed by atoms with Gasteiger partial charge in [-0.05, 0) is 18.2 Å². The van der Waals surface area contributed by atoms with Gasteiger partial charge in [0.15, 0.2) is 11.5 Å². The Kier molecular flexibility index (Phi) is 3.00. The van der Waals surface area contributed by atoms with E-state index in [1.807, 2.05) is 0 Å². The van der Waals surface area contributed by atoms with Crippen LogP contribution in [-0.4, -0.2) is 30.9 Å². The van der Waals surface area contributed by atoms with Gasteiger partial charge in [0.25, 0.3) is 17.2 Å². The standard InChI is InChI=1S/C16H8F3N5O3/c17-16(18,19)14-21-15-20-6-9-10(24(15)22-14)3-4-23(13(9)25)8-1-2-11-12(5-8)27-7-26-11/h1-6H,7H2. The Bertz CT molecular complexity index is 1280. The van der Waals surface area contributed by atoms with Gasteiger partial charge in [-0.15, -0.1) is 5.10 Å². The minimum atomic E-state index is -4.71. The molecular formula is C16H8F3N5O3. The molecule has 5 rings (SSSR count). The fraction of sp³-hybridized carbons (Fsp3) is 0.125. The highest BCUT2D eigenvalue weighted by Crippen LogP contribution is 2.33. The van der Waals surface area contributed by atoms with E-state index in [4.69, 9.17) is 9.47 Å². The van der Waals surface area contributed by atoms with Crippen LogP contribution >= 0.6 is 0 Å². The van der Waals surface area contributed by atoms with E-state index in [9.17, 15) is 18.0 Å². The molecule has 0 bridgehead atoms. The van der Waals surface area contributed by atoms with Gasteiger partial charge in [-0.1, -0.05) is 0 Å². The zero-order chi connectivity index (χ0) is 18.8. The van der Waals surface area contributed by atoms with E-state index in [1.54, 1.807) is 18.2 Å². The number of pyridine rings is 1. The number of nitrogens with zero attached hydrogens (tertiary/aromatic N) is 5. The van der Waals surface area contributed by atoms with Gasteiger partial charge < -0.3 is 9.47 Å². The van der Waals surface area contributed by atoms with Crippen molar-refractivity contribution >= 4 is 16.7 Å². The Labute approximate surface area is 147 Å². The van der Waals surface area contributed by atoms with E-state index in [0.29, 0.717) is 17.2 Å². The molecule has 8 nitrogen and oxygen atoms in total. The summed E-state index contributed by atoms with van der Waals surface area (Å²) >= 11 is 0. The van der Waals surface area contributed by atoms with E-state index < -0.39 is 17.6 Å². The van der Waals surface area contributed by atoms with E-state index >= 15 is 0 Å². The fourth-order valence-corrected chi connectivity index (χ4v) is 2.88. The first kappa shape index (κ1) is 15.6. The number of fused-ring (bicyclic) bond motifs is 4. The van der Waals surface area contributed by atoms with Crippen LogP contribution < -0.4 is 15.0 Å². The van der Waals surface area contributed by atoms with Crippen LogP contribution in [-0.2, 0) is 6.18 Å². The topological polar surface area (TPSA) is 83.5 Å². The molecule has 1 aliphatic rings. The predicted molar refractivity (Wildman–Crippen MR) is 85.0 cm³/mol. The first-order valence-electron chi connectivity index (χ1n) is 7.66.